The fraction of sp³-hybridized carbons (Fsp3) is 0.238. The first-order chi connectivity index (χ1) is 12.5. The van der Waals surface area contributed by atoms with Crippen molar-refractivity contribution >= 4 is 22.7 Å². The molecule has 0 unspecified atom stereocenters. The molecule has 0 aliphatic rings. The molecule has 3 rings (SSSR count). The highest BCUT2D eigenvalue weighted by molar-refractivity contribution is 6.17. The van der Waals surface area contributed by atoms with Gasteiger partial charge in [-0.2, -0.15) is 0 Å². The molecule has 1 N–H and O–H groups in total. The second-order valence-corrected chi connectivity index (χ2v) is 6.08. The number of ketones is 1. The number of unbranched alkanes of at least 4 members (excludes halogenated alkanes) is 1. The maximum absolute atomic E-state index is 13.2. The summed E-state index contributed by atoms with van der Waals surface area (Å²) in [5, 5.41) is 9.81. The van der Waals surface area contributed by atoms with Crippen LogP contribution in [-0.2, 0) is 6.42 Å². The number of rotatable bonds is 7. The third kappa shape index (κ3) is 3.33. The minimum absolute atomic E-state index is 0.125. The van der Waals surface area contributed by atoms with E-state index in [1.54, 1.807) is 37.4 Å². The number of aryl methyl sites for hydroxylation is 1. The van der Waals surface area contributed by atoms with Crippen LogP contribution in [-0.4, -0.2) is 24.0 Å². The van der Waals surface area contributed by atoms with E-state index >= 15 is 0 Å². The highest BCUT2D eigenvalue weighted by atomic mass is 16.5. The molecule has 0 spiro atoms. The maximum Gasteiger partial charge on any atom is 0.335 e. The van der Waals surface area contributed by atoms with Crippen LogP contribution >= 0.6 is 0 Å². The Morgan fingerprint density at radius 2 is 1.92 bits per heavy atom. The summed E-state index contributed by atoms with van der Waals surface area (Å²) in [6, 6.07) is 11.5. The van der Waals surface area contributed by atoms with Crippen LogP contribution in [0.15, 0.2) is 46.9 Å². The summed E-state index contributed by atoms with van der Waals surface area (Å²) in [6.45, 7) is 2.06. The molecular weight excluding hydrogens is 332 g/mol. The second kappa shape index (κ2) is 7.44. The number of carbonyl (C=O) groups is 2. The van der Waals surface area contributed by atoms with Gasteiger partial charge in [-0.05, 0) is 36.8 Å². The number of aromatic carboxylic acids is 1. The molecular formula is C21H20O5. The van der Waals surface area contributed by atoms with Crippen LogP contribution in [0.4, 0.5) is 0 Å². The topological polar surface area (TPSA) is 76.7 Å². The predicted octanol–water partition coefficient (Wildman–Crippen LogP) is 4.71. The Morgan fingerprint density at radius 1 is 1.12 bits per heavy atom. The van der Waals surface area contributed by atoms with Crippen molar-refractivity contribution in [1.82, 2.24) is 0 Å². The van der Waals surface area contributed by atoms with Gasteiger partial charge in [-0.3, -0.25) is 4.79 Å². The summed E-state index contributed by atoms with van der Waals surface area (Å²) >= 11 is 0. The molecule has 2 aromatic carbocycles. The molecule has 0 bridgehead atoms. The summed E-state index contributed by atoms with van der Waals surface area (Å²) in [6.07, 6.45) is 2.47. The monoisotopic (exact) mass is 352 g/mol. The van der Waals surface area contributed by atoms with Crippen molar-refractivity contribution in [2.75, 3.05) is 7.11 Å². The number of furan rings is 1. The number of carboxylic acid groups (broad SMARTS) is 1. The first kappa shape index (κ1) is 17.7. The van der Waals surface area contributed by atoms with Gasteiger partial charge in [-0.1, -0.05) is 25.5 Å². The fourth-order valence-corrected chi connectivity index (χ4v) is 2.95. The van der Waals surface area contributed by atoms with Crippen LogP contribution < -0.4 is 4.74 Å². The third-order valence-electron chi connectivity index (χ3n) is 4.32. The van der Waals surface area contributed by atoms with Crippen molar-refractivity contribution in [3.05, 3.63) is 64.9 Å². The molecule has 1 heterocycles. The summed E-state index contributed by atoms with van der Waals surface area (Å²) < 4.78 is 11.1. The van der Waals surface area contributed by atoms with Gasteiger partial charge in [0.05, 0.1) is 18.2 Å². The van der Waals surface area contributed by atoms with Crippen LogP contribution in [0.2, 0.25) is 0 Å². The van der Waals surface area contributed by atoms with E-state index in [2.05, 4.69) is 6.92 Å². The zero-order valence-corrected chi connectivity index (χ0v) is 14.7. The standard InChI is InChI=1S/C21H20O5/c1-3-4-8-18-19(20(22)13-6-5-7-15(11-13)25-2)16-12-14(21(23)24)9-10-17(16)26-18/h5-7,9-12H,3-4,8H2,1-2H3,(H,23,24). The summed E-state index contributed by atoms with van der Waals surface area (Å²) in [4.78, 5) is 24.5. The molecule has 0 saturated carbocycles. The molecule has 5 heteroatoms. The van der Waals surface area contributed by atoms with Crippen LogP contribution in [0.3, 0.4) is 0 Å². The van der Waals surface area contributed by atoms with E-state index in [9.17, 15) is 14.7 Å². The zero-order chi connectivity index (χ0) is 18.7. The average Bonchev–Trinajstić information content (AvgIpc) is 3.03. The van der Waals surface area contributed by atoms with Gasteiger partial charge in [0.25, 0.3) is 0 Å². The number of ether oxygens (including phenoxy) is 1. The number of methoxy groups -OCH3 is 1. The Balaban J connectivity index is 2.17. The molecule has 134 valence electrons. The average molecular weight is 352 g/mol. The number of carboxylic acids is 1. The lowest BCUT2D eigenvalue weighted by Gasteiger charge is -2.05. The molecule has 1 aromatic heterocycles. The smallest absolute Gasteiger partial charge is 0.335 e. The van der Waals surface area contributed by atoms with E-state index in [0.717, 1.165) is 12.8 Å². The van der Waals surface area contributed by atoms with Gasteiger partial charge in [0.15, 0.2) is 5.78 Å². The molecule has 0 radical (unpaired) electrons. The summed E-state index contributed by atoms with van der Waals surface area (Å²) in [7, 11) is 1.54. The third-order valence-corrected chi connectivity index (χ3v) is 4.32. The Bertz CT molecular complexity index is 968. The number of hydrogen-bond acceptors (Lipinski definition) is 4. The maximum atomic E-state index is 13.2. The molecule has 0 aliphatic carbocycles. The SMILES string of the molecule is CCCCc1oc2ccc(C(=O)O)cc2c1C(=O)c1cccc(OC)c1. The highest BCUT2D eigenvalue weighted by Gasteiger charge is 2.23. The van der Waals surface area contributed by atoms with Crippen LogP contribution in [0.25, 0.3) is 11.0 Å². The zero-order valence-electron chi connectivity index (χ0n) is 14.7. The predicted molar refractivity (Wildman–Crippen MR) is 98.2 cm³/mol. The van der Waals surface area contributed by atoms with Crippen molar-refractivity contribution in [2.24, 2.45) is 0 Å². The van der Waals surface area contributed by atoms with Crippen LogP contribution in [0.5, 0.6) is 5.75 Å². The fourth-order valence-electron chi connectivity index (χ4n) is 2.95. The number of hydrogen-bond donors (Lipinski definition) is 1. The van der Waals surface area contributed by atoms with Crippen molar-refractivity contribution < 1.29 is 23.8 Å². The normalized spacial score (nSPS) is 10.8. The van der Waals surface area contributed by atoms with Crippen LogP contribution in [0, 0.1) is 0 Å². The van der Waals surface area contributed by atoms with E-state index < -0.39 is 5.97 Å². The van der Waals surface area contributed by atoms with Crippen molar-refractivity contribution in [3.63, 3.8) is 0 Å². The molecule has 0 fully saturated rings. The lowest BCUT2D eigenvalue weighted by molar-refractivity contribution is 0.0696. The van der Waals surface area contributed by atoms with E-state index in [0.29, 0.717) is 40.0 Å². The Morgan fingerprint density at radius 3 is 2.62 bits per heavy atom. The quantitative estimate of drug-likeness (QED) is 0.623. The van der Waals surface area contributed by atoms with Gasteiger partial charge in [0.2, 0.25) is 0 Å². The molecule has 0 atom stereocenters. The number of carbonyl (C=O) groups excluding carboxylic acids is 1. The van der Waals surface area contributed by atoms with Crippen molar-refractivity contribution in [1.29, 1.82) is 0 Å². The van der Waals surface area contributed by atoms with E-state index in [-0.39, 0.29) is 11.3 Å². The van der Waals surface area contributed by atoms with E-state index in [1.807, 2.05) is 0 Å². The van der Waals surface area contributed by atoms with Gasteiger partial charge in [0, 0.05) is 17.4 Å². The number of fused-ring (bicyclic) bond motifs is 1. The molecule has 0 saturated heterocycles. The lowest BCUT2D eigenvalue weighted by Crippen LogP contribution is -2.05. The minimum atomic E-state index is -1.04. The molecule has 3 aromatic rings. The van der Waals surface area contributed by atoms with Gasteiger partial charge < -0.3 is 14.3 Å². The van der Waals surface area contributed by atoms with E-state index in [4.69, 9.17) is 9.15 Å². The van der Waals surface area contributed by atoms with Gasteiger partial charge >= 0.3 is 5.97 Å². The summed E-state index contributed by atoms with van der Waals surface area (Å²) in [5.41, 5.74) is 1.56. The Labute approximate surface area is 151 Å². The Hall–Kier alpha value is -3.08. The lowest BCUT2D eigenvalue weighted by atomic mass is 9.97. The summed E-state index contributed by atoms with van der Waals surface area (Å²) in [5.74, 6) is -0.0542. The Kier molecular flexibility index (Phi) is 5.07. The molecule has 26 heavy (non-hydrogen) atoms. The van der Waals surface area contributed by atoms with Crippen molar-refractivity contribution in [2.45, 2.75) is 26.2 Å². The second-order valence-electron chi connectivity index (χ2n) is 6.08. The minimum Gasteiger partial charge on any atom is -0.497 e. The van der Waals surface area contributed by atoms with E-state index in [1.165, 1.54) is 12.1 Å². The molecule has 0 aliphatic heterocycles. The number of benzene rings is 2. The van der Waals surface area contributed by atoms with Gasteiger partial charge in [-0.25, -0.2) is 4.79 Å². The molecule has 0 amide bonds. The van der Waals surface area contributed by atoms with Gasteiger partial charge in [-0.15, -0.1) is 0 Å². The van der Waals surface area contributed by atoms with Crippen LogP contribution in [0.1, 0.15) is 51.8 Å². The van der Waals surface area contributed by atoms with Gasteiger partial charge in [0.1, 0.15) is 17.1 Å². The first-order valence-corrected chi connectivity index (χ1v) is 8.52. The first-order valence-electron chi connectivity index (χ1n) is 8.52. The molecule has 5 nitrogen and oxygen atoms in total. The highest BCUT2D eigenvalue weighted by Crippen LogP contribution is 2.31. The van der Waals surface area contributed by atoms with Crippen molar-refractivity contribution in [3.8, 4) is 5.75 Å². The largest absolute Gasteiger partial charge is 0.497 e.